The summed E-state index contributed by atoms with van der Waals surface area (Å²) >= 11 is 11.9. The summed E-state index contributed by atoms with van der Waals surface area (Å²) in [7, 11) is -3.62. The number of benzene rings is 2. The SMILES string of the molecule is CC(=O)c1cccc(NC(=O)C2CCCN(S(=O)(=O)Cc3ccc(Cl)c(Cl)c3)C2)c1. The number of rotatable bonds is 6. The molecule has 1 heterocycles. The van der Waals surface area contributed by atoms with Gasteiger partial charge in [0.1, 0.15) is 0 Å². The molecule has 2 aromatic carbocycles. The number of hydrogen-bond donors (Lipinski definition) is 1. The van der Waals surface area contributed by atoms with E-state index in [-0.39, 0.29) is 24.0 Å². The van der Waals surface area contributed by atoms with Crippen molar-refractivity contribution in [2.24, 2.45) is 5.92 Å². The van der Waals surface area contributed by atoms with E-state index in [1.165, 1.54) is 17.3 Å². The topological polar surface area (TPSA) is 83.6 Å². The summed E-state index contributed by atoms with van der Waals surface area (Å²) in [6, 6.07) is 11.4. The summed E-state index contributed by atoms with van der Waals surface area (Å²) in [6.45, 7) is 1.94. The minimum atomic E-state index is -3.62. The summed E-state index contributed by atoms with van der Waals surface area (Å²) in [5, 5.41) is 3.46. The molecule has 160 valence electrons. The molecule has 1 N–H and O–H groups in total. The average Bonchev–Trinajstić information content (AvgIpc) is 2.71. The molecule has 1 saturated heterocycles. The lowest BCUT2D eigenvalue weighted by Crippen LogP contribution is -2.44. The number of anilines is 1. The monoisotopic (exact) mass is 468 g/mol. The minimum Gasteiger partial charge on any atom is -0.326 e. The second-order valence-electron chi connectivity index (χ2n) is 7.33. The quantitative estimate of drug-likeness (QED) is 0.637. The van der Waals surface area contributed by atoms with Crippen LogP contribution in [0.3, 0.4) is 0 Å². The zero-order valence-electron chi connectivity index (χ0n) is 16.4. The van der Waals surface area contributed by atoms with Gasteiger partial charge in [0, 0.05) is 24.3 Å². The number of sulfonamides is 1. The highest BCUT2D eigenvalue weighted by Gasteiger charge is 2.32. The van der Waals surface area contributed by atoms with Crippen LogP contribution < -0.4 is 5.32 Å². The van der Waals surface area contributed by atoms with Gasteiger partial charge in [-0.25, -0.2) is 12.7 Å². The van der Waals surface area contributed by atoms with Gasteiger partial charge in [-0.2, -0.15) is 0 Å². The van der Waals surface area contributed by atoms with Crippen molar-refractivity contribution >= 4 is 50.6 Å². The van der Waals surface area contributed by atoms with Crippen molar-refractivity contribution in [2.45, 2.75) is 25.5 Å². The van der Waals surface area contributed by atoms with Crippen LogP contribution in [0.1, 0.15) is 35.7 Å². The fraction of sp³-hybridized carbons (Fsp3) is 0.333. The Balaban J connectivity index is 1.67. The van der Waals surface area contributed by atoms with Crippen molar-refractivity contribution in [1.29, 1.82) is 0 Å². The number of piperidine rings is 1. The Morgan fingerprint density at radius 2 is 1.90 bits per heavy atom. The average molecular weight is 469 g/mol. The molecule has 0 radical (unpaired) electrons. The predicted molar refractivity (Wildman–Crippen MR) is 118 cm³/mol. The Morgan fingerprint density at radius 1 is 1.13 bits per heavy atom. The van der Waals surface area contributed by atoms with Gasteiger partial charge in [0.25, 0.3) is 0 Å². The highest BCUT2D eigenvalue weighted by atomic mass is 35.5. The molecule has 0 aromatic heterocycles. The maximum absolute atomic E-state index is 12.9. The van der Waals surface area contributed by atoms with Gasteiger partial charge in [0.2, 0.25) is 15.9 Å². The van der Waals surface area contributed by atoms with Crippen LogP contribution in [0.4, 0.5) is 5.69 Å². The number of amides is 1. The molecule has 1 fully saturated rings. The van der Waals surface area contributed by atoms with Crippen molar-refractivity contribution in [3.63, 3.8) is 0 Å². The van der Waals surface area contributed by atoms with Crippen LogP contribution in [0.15, 0.2) is 42.5 Å². The number of halogens is 2. The maximum Gasteiger partial charge on any atom is 0.228 e. The lowest BCUT2D eigenvalue weighted by atomic mass is 9.98. The minimum absolute atomic E-state index is 0.0941. The second kappa shape index (κ2) is 9.47. The Hall–Kier alpha value is -1.93. The molecule has 0 saturated carbocycles. The first-order valence-corrected chi connectivity index (χ1v) is 11.9. The number of nitrogens with one attached hydrogen (secondary N) is 1. The van der Waals surface area contributed by atoms with E-state index in [1.807, 2.05) is 0 Å². The largest absolute Gasteiger partial charge is 0.326 e. The third kappa shape index (κ3) is 5.60. The van der Waals surface area contributed by atoms with Gasteiger partial charge in [-0.1, -0.05) is 41.4 Å². The highest BCUT2D eigenvalue weighted by Crippen LogP contribution is 2.26. The van der Waals surface area contributed by atoms with Crippen LogP contribution in [-0.2, 0) is 20.6 Å². The van der Waals surface area contributed by atoms with Crippen molar-refractivity contribution < 1.29 is 18.0 Å². The van der Waals surface area contributed by atoms with E-state index in [4.69, 9.17) is 23.2 Å². The zero-order chi connectivity index (χ0) is 21.9. The first-order valence-electron chi connectivity index (χ1n) is 9.49. The Morgan fingerprint density at radius 3 is 2.60 bits per heavy atom. The number of carbonyl (C=O) groups is 2. The van der Waals surface area contributed by atoms with Crippen molar-refractivity contribution in [2.75, 3.05) is 18.4 Å². The predicted octanol–water partition coefficient (Wildman–Crippen LogP) is 4.38. The fourth-order valence-corrected chi connectivity index (χ4v) is 5.32. The van der Waals surface area contributed by atoms with Crippen molar-refractivity contribution in [1.82, 2.24) is 4.31 Å². The van der Waals surface area contributed by atoms with Gasteiger partial charge in [-0.3, -0.25) is 9.59 Å². The van der Waals surface area contributed by atoms with Gasteiger partial charge in [-0.15, -0.1) is 0 Å². The molecule has 1 aliphatic heterocycles. The van der Waals surface area contributed by atoms with Crippen molar-refractivity contribution in [3.05, 3.63) is 63.6 Å². The first kappa shape index (κ1) is 22.7. The van der Waals surface area contributed by atoms with Gasteiger partial charge >= 0.3 is 0 Å². The Labute approximate surface area is 186 Å². The van der Waals surface area contributed by atoms with E-state index >= 15 is 0 Å². The standard InChI is InChI=1S/C21H22Cl2N2O4S/c1-14(26)16-4-2-6-18(11-16)24-21(27)17-5-3-9-25(12-17)30(28,29)13-15-7-8-19(22)20(23)10-15/h2,4,6-8,10-11,17H,3,5,9,12-13H2,1H3,(H,24,27). The van der Waals surface area contributed by atoms with E-state index in [1.54, 1.807) is 36.4 Å². The lowest BCUT2D eigenvalue weighted by molar-refractivity contribution is -0.120. The lowest BCUT2D eigenvalue weighted by Gasteiger charge is -2.31. The summed E-state index contributed by atoms with van der Waals surface area (Å²) in [5.41, 5.74) is 1.56. The molecule has 0 spiro atoms. The third-order valence-corrected chi connectivity index (χ3v) is 7.57. The van der Waals surface area contributed by atoms with Gasteiger partial charge in [-0.05, 0) is 49.6 Å². The summed E-state index contributed by atoms with van der Waals surface area (Å²) in [6.07, 6.45) is 1.18. The third-order valence-electron chi connectivity index (χ3n) is 5.02. The Kier molecular flexibility index (Phi) is 7.18. The molecular weight excluding hydrogens is 447 g/mol. The molecule has 1 unspecified atom stereocenters. The van der Waals surface area contributed by atoms with Crippen LogP contribution in [0.5, 0.6) is 0 Å². The van der Waals surface area contributed by atoms with Gasteiger partial charge < -0.3 is 5.32 Å². The van der Waals surface area contributed by atoms with E-state index in [9.17, 15) is 18.0 Å². The van der Waals surface area contributed by atoms with Crippen LogP contribution in [-0.4, -0.2) is 37.5 Å². The van der Waals surface area contributed by atoms with Gasteiger partial charge in [0.05, 0.1) is 21.7 Å². The number of ketones is 1. The first-order chi connectivity index (χ1) is 14.2. The molecular formula is C21H22Cl2N2O4S. The summed E-state index contributed by atoms with van der Waals surface area (Å²) in [5.74, 6) is -1.03. The fourth-order valence-electron chi connectivity index (χ4n) is 3.40. The van der Waals surface area contributed by atoms with Crippen LogP contribution >= 0.6 is 23.2 Å². The number of carbonyl (C=O) groups excluding carboxylic acids is 2. The van der Waals surface area contributed by atoms with Gasteiger partial charge in [0.15, 0.2) is 5.78 Å². The van der Waals surface area contributed by atoms with Crippen molar-refractivity contribution in [3.8, 4) is 0 Å². The van der Waals surface area contributed by atoms with Crippen LogP contribution in [0.25, 0.3) is 0 Å². The Bertz CT molecular complexity index is 1070. The van der Waals surface area contributed by atoms with Crippen LogP contribution in [0.2, 0.25) is 10.0 Å². The van der Waals surface area contributed by atoms with E-state index in [2.05, 4.69) is 5.32 Å². The molecule has 0 bridgehead atoms. The number of hydrogen-bond acceptors (Lipinski definition) is 4. The molecule has 1 atom stereocenters. The number of nitrogens with zero attached hydrogens (tertiary/aromatic N) is 1. The molecule has 1 amide bonds. The van der Waals surface area contributed by atoms with E-state index in [0.717, 1.165) is 0 Å². The normalized spacial score (nSPS) is 17.5. The molecule has 9 heteroatoms. The zero-order valence-corrected chi connectivity index (χ0v) is 18.7. The molecule has 6 nitrogen and oxygen atoms in total. The second-order valence-corrected chi connectivity index (χ2v) is 10.1. The smallest absolute Gasteiger partial charge is 0.228 e. The van der Waals surface area contributed by atoms with Crippen LogP contribution in [0, 0.1) is 5.92 Å². The maximum atomic E-state index is 12.9. The number of Topliss-reactive ketones (excluding diaryl/α,β-unsaturated/α-hetero) is 1. The summed E-state index contributed by atoms with van der Waals surface area (Å²) < 4.78 is 27.1. The van der Waals surface area contributed by atoms with E-state index in [0.29, 0.717) is 46.2 Å². The highest BCUT2D eigenvalue weighted by molar-refractivity contribution is 7.88. The summed E-state index contributed by atoms with van der Waals surface area (Å²) in [4.78, 5) is 24.2. The molecule has 1 aliphatic rings. The molecule has 30 heavy (non-hydrogen) atoms. The van der Waals surface area contributed by atoms with E-state index < -0.39 is 15.9 Å². The molecule has 2 aromatic rings. The molecule has 3 rings (SSSR count). The molecule has 0 aliphatic carbocycles.